The van der Waals surface area contributed by atoms with E-state index in [0.717, 1.165) is 10.9 Å². The number of pyridine rings is 1. The average Bonchev–Trinajstić information content (AvgIpc) is 3.25. The summed E-state index contributed by atoms with van der Waals surface area (Å²) < 4.78 is 48.7. The van der Waals surface area contributed by atoms with Crippen LogP contribution in [0.2, 0.25) is 0 Å². The number of hydrogen-bond donors (Lipinski definition) is 1. The van der Waals surface area contributed by atoms with Gasteiger partial charge in [0.15, 0.2) is 5.82 Å². The molecule has 2 aromatic carbocycles. The Balaban J connectivity index is 1.62. The van der Waals surface area contributed by atoms with Crippen LogP contribution in [0.3, 0.4) is 0 Å². The Hall–Kier alpha value is -3.83. The Labute approximate surface area is 241 Å². The zero-order chi connectivity index (χ0) is 29.7. The molecule has 0 bridgehead atoms. The van der Waals surface area contributed by atoms with E-state index in [4.69, 9.17) is 14.2 Å². The van der Waals surface area contributed by atoms with Crippen molar-refractivity contribution in [3.05, 3.63) is 71.4 Å². The van der Waals surface area contributed by atoms with E-state index in [9.17, 15) is 9.00 Å². The number of hydrogen-bond acceptors (Lipinski definition) is 7. The van der Waals surface area contributed by atoms with Gasteiger partial charge in [0, 0.05) is 35.8 Å². The Morgan fingerprint density at radius 1 is 1.12 bits per heavy atom. The molecule has 0 saturated carbocycles. The minimum absolute atomic E-state index is 0.0342. The summed E-state index contributed by atoms with van der Waals surface area (Å²) in [5.74, 6) is 0.240. The molecule has 2 aromatic heterocycles. The second-order valence-electron chi connectivity index (χ2n) is 10.4. The topological polar surface area (TPSA) is 105 Å². The number of fused-ring (bicyclic) bond motifs is 1. The summed E-state index contributed by atoms with van der Waals surface area (Å²) in [4.78, 5) is 16.3. The number of benzene rings is 2. The maximum atomic E-state index is 15.6. The van der Waals surface area contributed by atoms with E-state index >= 15 is 4.39 Å². The van der Waals surface area contributed by atoms with E-state index in [1.165, 1.54) is 0 Å². The third kappa shape index (κ3) is 7.09. The second kappa shape index (κ2) is 12.8. The lowest BCUT2D eigenvalue weighted by molar-refractivity contribution is -0.142. The molecule has 0 saturated heterocycles. The molecule has 11 heteroatoms. The van der Waals surface area contributed by atoms with Crippen molar-refractivity contribution in [3.8, 4) is 22.6 Å². The van der Waals surface area contributed by atoms with Crippen LogP contribution in [-0.4, -0.2) is 43.4 Å². The van der Waals surface area contributed by atoms with Gasteiger partial charge < -0.3 is 14.2 Å². The molecule has 0 fully saturated rings. The average molecular weight is 583 g/mol. The van der Waals surface area contributed by atoms with Crippen LogP contribution in [-0.2, 0) is 47.1 Å². The predicted molar refractivity (Wildman–Crippen MR) is 156 cm³/mol. The minimum Gasteiger partial charge on any atom is -0.497 e. The van der Waals surface area contributed by atoms with Gasteiger partial charge in [-0.2, -0.15) is 5.10 Å². The molecule has 9 nitrogen and oxygen atoms in total. The molecule has 218 valence electrons. The fourth-order valence-corrected chi connectivity index (χ4v) is 4.95. The normalized spacial score (nSPS) is 12.4. The third-order valence-corrected chi connectivity index (χ3v) is 7.92. The van der Waals surface area contributed by atoms with Crippen LogP contribution in [0.5, 0.6) is 11.5 Å². The van der Waals surface area contributed by atoms with Gasteiger partial charge in [-0.25, -0.2) is 13.3 Å². The molecule has 0 aliphatic heterocycles. The molecule has 1 N–H and O–H groups in total. The quantitative estimate of drug-likeness (QED) is 0.248. The van der Waals surface area contributed by atoms with Crippen molar-refractivity contribution in [2.75, 3.05) is 13.7 Å². The minimum atomic E-state index is -1.36. The largest absolute Gasteiger partial charge is 0.497 e. The van der Waals surface area contributed by atoms with Crippen LogP contribution in [0.15, 0.2) is 48.7 Å². The van der Waals surface area contributed by atoms with Crippen molar-refractivity contribution in [3.63, 3.8) is 0 Å². The number of aromatic nitrogens is 3. The molecule has 41 heavy (non-hydrogen) atoms. The summed E-state index contributed by atoms with van der Waals surface area (Å²) in [7, 11) is 2.03. The highest BCUT2D eigenvalue weighted by Gasteiger charge is 2.21. The van der Waals surface area contributed by atoms with Crippen molar-refractivity contribution in [2.45, 2.75) is 52.0 Å². The molecule has 0 unspecified atom stereocenters. The van der Waals surface area contributed by atoms with Crippen LogP contribution in [0.4, 0.5) is 4.39 Å². The van der Waals surface area contributed by atoms with Crippen LogP contribution in [0.1, 0.15) is 44.6 Å². The van der Waals surface area contributed by atoms with E-state index in [0.29, 0.717) is 40.5 Å². The number of carbonyl (C=O) groups excluding carboxylic acids is 1. The highest BCUT2D eigenvalue weighted by Crippen LogP contribution is 2.31. The van der Waals surface area contributed by atoms with Gasteiger partial charge in [0.05, 0.1) is 53.6 Å². The zero-order valence-corrected chi connectivity index (χ0v) is 24.9. The highest BCUT2D eigenvalue weighted by molar-refractivity contribution is 7.84. The Kier molecular flexibility index (Phi) is 9.39. The first kappa shape index (κ1) is 30.1. The number of ether oxygens (including phenoxy) is 3. The molecule has 4 aromatic rings. The molecule has 0 radical (unpaired) electrons. The fraction of sp³-hybridized carbons (Fsp3) is 0.367. The van der Waals surface area contributed by atoms with Gasteiger partial charge in [-0.1, -0.05) is 12.1 Å². The predicted octanol–water partition coefficient (Wildman–Crippen LogP) is 5.02. The zero-order valence-electron chi connectivity index (χ0n) is 24.1. The number of carbonyl (C=O) groups is 1. The number of nitrogens with zero attached hydrogens (tertiary/aromatic N) is 3. The summed E-state index contributed by atoms with van der Waals surface area (Å²) in [5, 5.41) is 5.43. The highest BCUT2D eigenvalue weighted by atomic mass is 32.2. The molecule has 1 atom stereocenters. The second-order valence-corrected chi connectivity index (χ2v) is 12.4. The molecule has 0 aliphatic rings. The lowest BCUT2D eigenvalue weighted by Gasteiger charge is -2.18. The molecule has 0 amide bonds. The number of nitrogens with one attached hydrogen (secondary N) is 1. The van der Waals surface area contributed by atoms with E-state index in [2.05, 4.69) is 14.8 Å². The van der Waals surface area contributed by atoms with Gasteiger partial charge in [0.1, 0.15) is 23.8 Å². The number of methoxy groups -OCH3 is 1. The number of esters is 1. The summed E-state index contributed by atoms with van der Waals surface area (Å²) in [6.45, 7) is 7.72. The first-order valence-electron chi connectivity index (χ1n) is 13.2. The lowest BCUT2D eigenvalue weighted by atomic mass is 10.0. The first-order valence-corrected chi connectivity index (χ1v) is 14.4. The number of aryl methyl sites for hydroxylation is 1. The standard InChI is InChI=1S/C30H35FN4O5S/c1-7-39-28(36)15-20-8-10-21(38-6)16-27(20)40-18-25-23-14-19(9-11-26(23)35(5)34-25)22-12-13-32-24(29(22)31)17-33-41(37)30(2,3)4/h8-14,16,33H,7,15,17-18H2,1-6H3/t41-/m0/s1. The van der Waals surface area contributed by atoms with E-state index < -0.39 is 21.5 Å². The number of rotatable bonds is 11. The van der Waals surface area contributed by atoms with Crippen molar-refractivity contribution < 1.29 is 27.6 Å². The van der Waals surface area contributed by atoms with Gasteiger partial charge in [-0.15, -0.1) is 0 Å². The van der Waals surface area contributed by atoms with Crippen molar-refractivity contribution in [1.82, 2.24) is 19.5 Å². The van der Waals surface area contributed by atoms with Crippen LogP contribution in [0, 0.1) is 5.82 Å². The summed E-state index contributed by atoms with van der Waals surface area (Å²) in [6, 6.07) is 12.5. The maximum Gasteiger partial charge on any atom is 0.310 e. The van der Waals surface area contributed by atoms with Gasteiger partial charge in [0.25, 0.3) is 0 Å². The summed E-state index contributed by atoms with van der Waals surface area (Å²) >= 11 is 0. The molecular weight excluding hydrogens is 547 g/mol. The Bertz CT molecular complexity index is 1580. The van der Waals surface area contributed by atoms with Crippen LogP contribution >= 0.6 is 0 Å². The summed E-state index contributed by atoms with van der Waals surface area (Å²) in [6.07, 6.45) is 1.60. The van der Waals surface area contributed by atoms with Crippen molar-refractivity contribution in [2.24, 2.45) is 7.05 Å². The molecule has 0 aliphatic carbocycles. The Morgan fingerprint density at radius 3 is 2.61 bits per heavy atom. The SMILES string of the molecule is CCOC(=O)Cc1ccc(OC)cc1OCc1nn(C)c2ccc(-c3ccnc(CN[S@@](=O)C(C)(C)C)c3F)cc12. The van der Waals surface area contributed by atoms with Crippen LogP contribution in [0.25, 0.3) is 22.0 Å². The van der Waals surface area contributed by atoms with Gasteiger partial charge in [-0.3, -0.25) is 14.5 Å². The van der Waals surface area contributed by atoms with E-state index in [-0.39, 0.29) is 31.2 Å². The smallest absolute Gasteiger partial charge is 0.310 e. The van der Waals surface area contributed by atoms with Crippen molar-refractivity contribution in [1.29, 1.82) is 0 Å². The first-order chi connectivity index (χ1) is 19.5. The van der Waals surface area contributed by atoms with Gasteiger partial charge in [-0.05, 0) is 57.5 Å². The van der Waals surface area contributed by atoms with Crippen molar-refractivity contribution >= 4 is 27.9 Å². The van der Waals surface area contributed by atoms with Gasteiger partial charge >= 0.3 is 5.97 Å². The molecule has 4 rings (SSSR count). The molecule has 0 spiro atoms. The van der Waals surface area contributed by atoms with E-state index in [1.807, 2.05) is 46.0 Å². The maximum absolute atomic E-state index is 15.6. The number of halogens is 1. The third-order valence-electron chi connectivity index (χ3n) is 6.40. The fourth-order valence-electron chi connectivity index (χ4n) is 4.25. The van der Waals surface area contributed by atoms with Gasteiger partial charge in [0.2, 0.25) is 0 Å². The lowest BCUT2D eigenvalue weighted by Crippen LogP contribution is -2.33. The molecule has 2 heterocycles. The van der Waals surface area contributed by atoms with E-state index in [1.54, 1.807) is 49.2 Å². The van der Waals surface area contributed by atoms with Crippen LogP contribution < -0.4 is 14.2 Å². The Morgan fingerprint density at radius 2 is 1.90 bits per heavy atom. The molecular formula is C30H35FN4O5S. The summed E-state index contributed by atoms with van der Waals surface area (Å²) in [5.41, 5.74) is 3.36. The monoisotopic (exact) mass is 582 g/mol.